The first-order valence-electron chi connectivity index (χ1n) is 19.2. The van der Waals surface area contributed by atoms with Gasteiger partial charge in [-0.05, 0) is 72.1 Å². The van der Waals surface area contributed by atoms with Crippen LogP contribution < -0.4 is 10.6 Å². The van der Waals surface area contributed by atoms with Crippen LogP contribution in [0.4, 0.5) is 4.79 Å². The summed E-state index contributed by atoms with van der Waals surface area (Å²) < 4.78 is 7.55. The molecule has 1 saturated heterocycles. The van der Waals surface area contributed by atoms with Crippen LogP contribution in [0.15, 0.2) is 54.6 Å². The molecule has 3 N–H and O–H groups in total. The molecule has 304 valence electrons. The number of unbranched alkanes of at least 4 members (excludes halogenated alkanes) is 1. The SMILES string of the molecule is C.CC(C)C(NC(=O)[C@@H](NC(=O)CCCCc1nnnn1C(C)(C)c1ccccc1)C(C)C)C(=O)N1CC(OC(=O)N2CCc3ccccc3C2)C[C@H]1C(=O)O. The van der Waals surface area contributed by atoms with Gasteiger partial charge in [-0.3, -0.25) is 14.4 Å². The second kappa shape index (κ2) is 19.0. The number of carbonyl (C=O) groups excluding carboxylic acids is 4. The molecule has 15 nitrogen and oxygen atoms in total. The lowest BCUT2D eigenvalue weighted by Crippen LogP contribution is -2.58. The maximum atomic E-state index is 14.0. The van der Waals surface area contributed by atoms with Crippen molar-refractivity contribution < 1.29 is 33.8 Å². The molecule has 1 aromatic heterocycles. The summed E-state index contributed by atoms with van der Waals surface area (Å²) in [4.78, 5) is 68.9. The van der Waals surface area contributed by atoms with Gasteiger partial charge in [-0.25, -0.2) is 14.3 Å². The summed E-state index contributed by atoms with van der Waals surface area (Å²) in [6, 6.07) is 14.6. The molecule has 2 unspecified atom stereocenters. The maximum absolute atomic E-state index is 14.0. The average Bonchev–Trinajstić information content (AvgIpc) is 3.82. The number of aliphatic carboxylic acids is 1. The Morgan fingerprint density at radius 1 is 0.911 bits per heavy atom. The summed E-state index contributed by atoms with van der Waals surface area (Å²) >= 11 is 0. The molecule has 15 heteroatoms. The van der Waals surface area contributed by atoms with Crippen molar-refractivity contribution in [2.75, 3.05) is 13.1 Å². The number of tetrazole rings is 1. The predicted molar refractivity (Wildman–Crippen MR) is 209 cm³/mol. The minimum atomic E-state index is -1.24. The second-order valence-electron chi connectivity index (χ2n) is 15.7. The van der Waals surface area contributed by atoms with Gasteiger partial charge in [-0.2, -0.15) is 0 Å². The van der Waals surface area contributed by atoms with Crippen LogP contribution in [0.2, 0.25) is 0 Å². The first-order valence-corrected chi connectivity index (χ1v) is 19.2. The molecule has 56 heavy (non-hydrogen) atoms. The molecule has 0 bridgehead atoms. The molecule has 3 heterocycles. The fourth-order valence-electron chi connectivity index (χ4n) is 7.28. The highest BCUT2D eigenvalue weighted by Crippen LogP contribution is 2.27. The highest BCUT2D eigenvalue weighted by atomic mass is 16.6. The zero-order valence-electron chi connectivity index (χ0n) is 32.6. The Morgan fingerprint density at radius 2 is 1.57 bits per heavy atom. The largest absolute Gasteiger partial charge is 0.480 e. The number of carboxylic acids is 1. The number of aromatic nitrogens is 4. The summed E-state index contributed by atoms with van der Waals surface area (Å²) in [6.45, 7) is 11.9. The second-order valence-corrected chi connectivity index (χ2v) is 15.7. The third kappa shape index (κ3) is 10.3. The molecule has 4 amide bonds. The number of nitrogens with zero attached hydrogens (tertiary/aromatic N) is 6. The molecule has 5 rings (SSSR count). The van der Waals surface area contributed by atoms with Gasteiger partial charge >= 0.3 is 12.1 Å². The Bertz CT molecular complexity index is 1830. The topological polar surface area (TPSA) is 189 Å². The third-order valence-electron chi connectivity index (χ3n) is 10.6. The first kappa shape index (κ1) is 43.4. The number of carboxylic acid groups (broad SMARTS) is 1. The number of rotatable bonds is 15. The van der Waals surface area contributed by atoms with Crippen molar-refractivity contribution in [3.63, 3.8) is 0 Å². The molecule has 2 aliphatic heterocycles. The van der Waals surface area contributed by atoms with Crippen LogP contribution in [0.1, 0.15) is 97.2 Å². The van der Waals surface area contributed by atoms with E-state index in [2.05, 4.69) is 26.2 Å². The highest BCUT2D eigenvalue weighted by Gasteiger charge is 2.45. The lowest BCUT2D eigenvalue weighted by atomic mass is 9.94. The first-order chi connectivity index (χ1) is 26.2. The number of likely N-dealkylation sites (tertiary alicyclic amines) is 1. The number of aryl methyl sites for hydroxylation is 1. The Hall–Kier alpha value is -5.34. The maximum Gasteiger partial charge on any atom is 0.410 e. The Labute approximate surface area is 329 Å². The molecule has 4 atom stereocenters. The predicted octanol–water partition coefficient (Wildman–Crippen LogP) is 4.34. The van der Waals surface area contributed by atoms with Crippen molar-refractivity contribution in [1.29, 1.82) is 0 Å². The van der Waals surface area contributed by atoms with E-state index in [0.717, 1.165) is 11.1 Å². The average molecular weight is 775 g/mol. The van der Waals surface area contributed by atoms with Crippen molar-refractivity contribution in [2.45, 2.75) is 124 Å². The number of benzene rings is 2. The summed E-state index contributed by atoms with van der Waals surface area (Å²) in [7, 11) is 0. The molecule has 2 aromatic carbocycles. The van der Waals surface area contributed by atoms with Gasteiger partial charge in [0.1, 0.15) is 24.2 Å². The van der Waals surface area contributed by atoms with E-state index in [1.165, 1.54) is 10.5 Å². The fourth-order valence-corrected chi connectivity index (χ4v) is 7.28. The van der Waals surface area contributed by atoms with Crippen molar-refractivity contribution >= 4 is 29.8 Å². The summed E-state index contributed by atoms with van der Waals surface area (Å²) in [5.74, 6) is -2.67. The van der Waals surface area contributed by atoms with E-state index in [4.69, 9.17) is 4.74 Å². The molecule has 0 saturated carbocycles. The monoisotopic (exact) mass is 774 g/mol. The van der Waals surface area contributed by atoms with E-state index >= 15 is 0 Å². The zero-order valence-corrected chi connectivity index (χ0v) is 32.6. The van der Waals surface area contributed by atoms with Crippen molar-refractivity contribution in [3.8, 4) is 0 Å². The molecule has 0 radical (unpaired) electrons. The number of ether oxygens (including phenoxy) is 1. The third-order valence-corrected chi connectivity index (χ3v) is 10.6. The van der Waals surface area contributed by atoms with Crippen LogP contribution in [0, 0.1) is 11.8 Å². The number of amides is 4. The van der Waals surface area contributed by atoms with E-state index in [-0.39, 0.29) is 38.6 Å². The number of nitrogens with one attached hydrogen (secondary N) is 2. The van der Waals surface area contributed by atoms with Gasteiger partial charge in [0.15, 0.2) is 5.82 Å². The van der Waals surface area contributed by atoms with Crippen LogP contribution >= 0.6 is 0 Å². The molecule has 0 aliphatic carbocycles. The summed E-state index contributed by atoms with van der Waals surface area (Å²) in [5.41, 5.74) is 2.80. The van der Waals surface area contributed by atoms with Crippen molar-refractivity contribution in [1.82, 2.24) is 40.6 Å². The van der Waals surface area contributed by atoms with E-state index in [0.29, 0.717) is 44.6 Å². The fraction of sp³-hybridized carbons (Fsp3) is 0.561. The van der Waals surface area contributed by atoms with Gasteiger partial charge in [-0.1, -0.05) is 89.7 Å². The smallest absolute Gasteiger partial charge is 0.410 e. The standard InChI is InChI=1S/C40H54N8O7.CH4/c1-25(2)34(41-33(49)19-13-12-18-32-43-44-45-48(32)40(5,6)29-16-8-7-9-17-29)36(50)42-35(26(3)4)37(51)47-24-30(22-31(47)38(52)53)55-39(54)46-21-20-27-14-10-11-15-28(27)23-46;/h7-11,14-17,25-26,30-31,34-35H,12-13,18-24H2,1-6H3,(H,41,49)(H,42,50)(H,52,53);1H4/t30?,31-,34-,35?;/m0./s1. The lowest BCUT2D eigenvalue weighted by Gasteiger charge is -2.31. The Kier molecular flexibility index (Phi) is 14.7. The quantitative estimate of drug-likeness (QED) is 0.188. The number of hydrogen-bond acceptors (Lipinski definition) is 9. The molecule has 0 spiro atoms. The van der Waals surface area contributed by atoms with Crippen LogP contribution in [0.5, 0.6) is 0 Å². The summed E-state index contributed by atoms with van der Waals surface area (Å²) in [6.07, 6.45) is 1.13. The minimum Gasteiger partial charge on any atom is -0.480 e. The number of hydrogen-bond donors (Lipinski definition) is 3. The van der Waals surface area contributed by atoms with Gasteiger partial charge in [0, 0.05) is 32.4 Å². The molecule has 3 aromatic rings. The zero-order chi connectivity index (χ0) is 39.9. The minimum absolute atomic E-state index is 0. The van der Waals surface area contributed by atoms with Gasteiger partial charge in [0.05, 0.1) is 12.1 Å². The number of carbonyl (C=O) groups is 5. The van der Waals surface area contributed by atoms with Crippen LogP contribution in [0.3, 0.4) is 0 Å². The highest BCUT2D eigenvalue weighted by molar-refractivity contribution is 5.94. The molecular weight excluding hydrogens is 716 g/mol. The summed E-state index contributed by atoms with van der Waals surface area (Å²) in [5, 5.41) is 28.0. The van der Waals surface area contributed by atoms with E-state index in [1.807, 2.05) is 68.4 Å². The van der Waals surface area contributed by atoms with Crippen LogP contribution in [0.25, 0.3) is 0 Å². The Morgan fingerprint density at radius 3 is 2.23 bits per heavy atom. The van der Waals surface area contributed by atoms with E-state index in [9.17, 15) is 29.1 Å². The normalized spacial score (nSPS) is 17.8. The van der Waals surface area contributed by atoms with Crippen molar-refractivity contribution in [2.24, 2.45) is 11.8 Å². The lowest BCUT2D eigenvalue weighted by molar-refractivity contribution is -0.150. The van der Waals surface area contributed by atoms with Gasteiger partial charge < -0.3 is 30.3 Å². The van der Waals surface area contributed by atoms with E-state index < -0.39 is 59.6 Å². The molecule has 2 aliphatic rings. The molecular formula is C41H58N8O7. The van der Waals surface area contributed by atoms with Crippen LogP contribution in [-0.4, -0.2) is 102 Å². The van der Waals surface area contributed by atoms with Gasteiger partial charge in [0.25, 0.3) is 0 Å². The van der Waals surface area contributed by atoms with Crippen LogP contribution in [-0.2, 0) is 48.8 Å². The van der Waals surface area contributed by atoms with Gasteiger partial charge in [0.2, 0.25) is 17.7 Å². The van der Waals surface area contributed by atoms with Gasteiger partial charge in [-0.15, -0.1) is 5.10 Å². The van der Waals surface area contributed by atoms with Crippen molar-refractivity contribution in [3.05, 3.63) is 77.1 Å². The number of fused-ring (bicyclic) bond motifs is 1. The molecule has 1 fully saturated rings. The Balaban J connectivity index is 0.00000696. The van der Waals surface area contributed by atoms with E-state index in [1.54, 1.807) is 37.3 Å².